The first-order valence-electron chi connectivity index (χ1n) is 9.08. The lowest BCUT2D eigenvalue weighted by molar-refractivity contribution is -0.143. The van der Waals surface area contributed by atoms with Crippen LogP contribution < -0.4 is 5.32 Å². The summed E-state index contributed by atoms with van der Waals surface area (Å²) in [5, 5.41) is 2.76. The molecule has 0 aliphatic heterocycles. The third kappa shape index (κ3) is 5.51. The summed E-state index contributed by atoms with van der Waals surface area (Å²) >= 11 is 0. The monoisotopic (exact) mass is 367 g/mol. The van der Waals surface area contributed by atoms with Crippen LogP contribution in [0.15, 0.2) is 42.5 Å². The first-order valence-corrected chi connectivity index (χ1v) is 9.08. The van der Waals surface area contributed by atoms with Gasteiger partial charge in [-0.3, -0.25) is 14.4 Å². The van der Waals surface area contributed by atoms with Crippen molar-refractivity contribution in [3.63, 3.8) is 0 Å². The zero-order valence-electron chi connectivity index (χ0n) is 16.0. The summed E-state index contributed by atoms with van der Waals surface area (Å²) in [6.45, 7) is 6.38. The second-order valence-electron chi connectivity index (χ2n) is 6.34. The maximum Gasteiger partial charge on any atom is 0.305 e. The Hall–Kier alpha value is -2.95. The summed E-state index contributed by atoms with van der Waals surface area (Å²) < 4.78 is 4.85. The van der Waals surface area contributed by atoms with E-state index in [9.17, 15) is 14.4 Å². The van der Waals surface area contributed by atoms with E-state index in [4.69, 9.17) is 4.74 Å². The Morgan fingerprint density at radius 2 is 1.67 bits per heavy atom. The van der Waals surface area contributed by atoms with Crippen LogP contribution in [-0.4, -0.2) is 30.8 Å². The minimum absolute atomic E-state index is 0.185. The van der Waals surface area contributed by atoms with Crippen molar-refractivity contribution in [1.29, 1.82) is 0 Å². The van der Waals surface area contributed by atoms with Crippen molar-refractivity contribution in [2.45, 2.75) is 33.6 Å². The molecule has 0 aliphatic rings. The highest BCUT2D eigenvalue weighted by atomic mass is 16.5. The van der Waals surface area contributed by atoms with Crippen molar-refractivity contribution in [1.82, 2.24) is 5.32 Å². The van der Waals surface area contributed by atoms with Crippen molar-refractivity contribution in [3.8, 4) is 0 Å². The van der Waals surface area contributed by atoms with Crippen LogP contribution in [0.4, 0.5) is 0 Å². The summed E-state index contributed by atoms with van der Waals surface area (Å²) in [5.74, 6) is -0.793. The lowest BCUT2D eigenvalue weighted by Gasteiger charge is -2.10. The maximum atomic E-state index is 12.9. The molecule has 2 aromatic rings. The van der Waals surface area contributed by atoms with Gasteiger partial charge in [-0.25, -0.2) is 0 Å². The number of ether oxygens (including phenoxy) is 1. The van der Waals surface area contributed by atoms with Crippen LogP contribution in [0.2, 0.25) is 0 Å². The molecule has 5 nitrogen and oxygen atoms in total. The Morgan fingerprint density at radius 3 is 2.33 bits per heavy atom. The largest absolute Gasteiger partial charge is 0.466 e. The van der Waals surface area contributed by atoms with E-state index in [0.717, 1.165) is 11.1 Å². The zero-order chi connectivity index (χ0) is 19.8. The van der Waals surface area contributed by atoms with Gasteiger partial charge in [0.1, 0.15) is 0 Å². The molecule has 27 heavy (non-hydrogen) atoms. The first kappa shape index (κ1) is 20.4. The standard InChI is InChI=1S/C22H25NO4/c1-4-27-20(24)10-7-13-23-22(26)19-9-6-5-8-18(19)21(25)17-12-11-15(2)16(3)14-17/h5-6,8-9,11-12,14H,4,7,10,13H2,1-3H3,(H,23,26). The minimum atomic E-state index is -0.327. The molecule has 1 amide bonds. The summed E-state index contributed by atoms with van der Waals surface area (Å²) in [6, 6.07) is 12.3. The molecule has 0 heterocycles. The number of benzene rings is 2. The van der Waals surface area contributed by atoms with Crippen LogP contribution in [0, 0.1) is 13.8 Å². The van der Waals surface area contributed by atoms with Crippen LogP contribution in [0.1, 0.15) is 57.2 Å². The topological polar surface area (TPSA) is 72.5 Å². The molecule has 0 fully saturated rings. The number of amides is 1. The number of carbonyl (C=O) groups is 3. The van der Waals surface area contributed by atoms with Crippen LogP contribution in [-0.2, 0) is 9.53 Å². The zero-order valence-corrected chi connectivity index (χ0v) is 16.0. The summed E-state index contributed by atoms with van der Waals surface area (Å²) in [6.07, 6.45) is 0.731. The number of aryl methyl sites for hydroxylation is 2. The van der Waals surface area contributed by atoms with E-state index >= 15 is 0 Å². The Kier molecular flexibility index (Phi) is 7.29. The van der Waals surface area contributed by atoms with Crippen LogP contribution in [0.25, 0.3) is 0 Å². The number of hydrogen-bond donors (Lipinski definition) is 1. The fraction of sp³-hybridized carbons (Fsp3) is 0.318. The maximum absolute atomic E-state index is 12.9. The second kappa shape index (κ2) is 9.67. The molecule has 2 aromatic carbocycles. The Bertz CT molecular complexity index is 842. The highest BCUT2D eigenvalue weighted by Crippen LogP contribution is 2.17. The van der Waals surface area contributed by atoms with Gasteiger partial charge >= 0.3 is 5.97 Å². The Morgan fingerprint density at radius 1 is 0.963 bits per heavy atom. The van der Waals surface area contributed by atoms with E-state index in [1.54, 1.807) is 37.3 Å². The van der Waals surface area contributed by atoms with Gasteiger partial charge in [-0.05, 0) is 50.5 Å². The number of carbonyl (C=O) groups excluding carboxylic acids is 3. The predicted octanol–water partition coefficient (Wildman–Crippen LogP) is 3.61. The highest BCUT2D eigenvalue weighted by Gasteiger charge is 2.18. The molecule has 0 aliphatic carbocycles. The quantitative estimate of drug-likeness (QED) is 0.439. The molecular formula is C22H25NO4. The molecule has 1 N–H and O–H groups in total. The molecule has 0 saturated carbocycles. The predicted molar refractivity (Wildman–Crippen MR) is 104 cm³/mol. The molecular weight excluding hydrogens is 342 g/mol. The minimum Gasteiger partial charge on any atom is -0.466 e. The van der Waals surface area contributed by atoms with Crippen molar-refractivity contribution < 1.29 is 19.1 Å². The van der Waals surface area contributed by atoms with Crippen molar-refractivity contribution in [2.75, 3.05) is 13.2 Å². The van der Waals surface area contributed by atoms with Gasteiger partial charge in [0.05, 0.1) is 12.2 Å². The van der Waals surface area contributed by atoms with Crippen LogP contribution in [0.5, 0.6) is 0 Å². The molecule has 5 heteroatoms. The van der Waals surface area contributed by atoms with Gasteiger partial charge in [0.15, 0.2) is 5.78 Å². The average Bonchev–Trinajstić information content (AvgIpc) is 2.67. The van der Waals surface area contributed by atoms with Gasteiger partial charge < -0.3 is 10.1 Å². The van der Waals surface area contributed by atoms with Crippen LogP contribution in [0.3, 0.4) is 0 Å². The number of ketones is 1. The number of esters is 1. The molecule has 0 aromatic heterocycles. The number of hydrogen-bond acceptors (Lipinski definition) is 4. The van der Waals surface area contributed by atoms with Crippen molar-refractivity contribution >= 4 is 17.7 Å². The van der Waals surface area contributed by atoms with Gasteiger partial charge in [-0.2, -0.15) is 0 Å². The third-order valence-electron chi connectivity index (χ3n) is 4.33. The Labute approximate surface area is 159 Å². The first-order chi connectivity index (χ1) is 12.9. The van der Waals surface area contributed by atoms with E-state index in [1.807, 2.05) is 26.0 Å². The van der Waals surface area contributed by atoms with Crippen molar-refractivity contribution in [3.05, 3.63) is 70.3 Å². The normalized spacial score (nSPS) is 10.3. The third-order valence-corrected chi connectivity index (χ3v) is 4.33. The summed E-state index contributed by atoms with van der Waals surface area (Å²) in [7, 11) is 0. The number of rotatable bonds is 8. The lowest BCUT2D eigenvalue weighted by Crippen LogP contribution is -2.27. The van der Waals surface area contributed by atoms with E-state index < -0.39 is 0 Å². The second-order valence-corrected chi connectivity index (χ2v) is 6.34. The average molecular weight is 367 g/mol. The van der Waals surface area contributed by atoms with E-state index in [1.165, 1.54) is 0 Å². The molecule has 2 rings (SSSR count). The highest BCUT2D eigenvalue weighted by molar-refractivity contribution is 6.15. The molecule has 0 bridgehead atoms. The SMILES string of the molecule is CCOC(=O)CCCNC(=O)c1ccccc1C(=O)c1ccc(C)c(C)c1. The fourth-order valence-corrected chi connectivity index (χ4v) is 2.68. The van der Waals surface area contributed by atoms with E-state index in [0.29, 0.717) is 36.3 Å². The van der Waals surface area contributed by atoms with E-state index in [2.05, 4.69) is 5.32 Å². The molecule has 142 valence electrons. The van der Waals surface area contributed by atoms with Gasteiger partial charge in [0, 0.05) is 24.1 Å². The summed E-state index contributed by atoms with van der Waals surface area (Å²) in [5.41, 5.74) is 3.39. The number of nitrogens with one attached hydrogen (secondary N) is 1. The molecule has 0 spiro atoms. The molecule has 0 radical (unpaired) electrons. The van der Waals surface area contributed by atoms with Crippen LogP contribution >= 0.6 is 0 Å². The van der Waals surface area contributed by atoms with E-state index in [-0.39, 0.29) is 24.1 Å². The lowest BCUT2D eigenvalue weighted by atomic mass is 9.95. The van der Waals surface area contributed by atoms with Crippen molar-refractivity contribution in [2.24, 2.45) is 0 Å². The fourth-order valence-electron chi connectivity index (χ4n) is 2.68. The van der Waals surface area contributed by atoms with Gasteiger partial charge in [0.25, 0.3) is 5.91 Å². The molecule has 0 saturated heterocycles. The van der Waals surface area contributed by atoms with Gasteiger partial charge in [-0.1, -0.05) is 30.3 Å². The van der Waals surface area contributed by atoms with Gasteiger partial charge in [0.2, 0.25) is 0 Å². The molecule has 0 unspecified atom stereocenters. The van der Waals surface area contributed by atoms with Gasteiger partial charge in [-0.15, -0.1) is 0 Å². The smallest absolute Gasteiger partial charge is 0.305 e. The summed E-state index contributed by atoms with van der Waals surface area (Å²) in [4.78, 5) is 36.7. The molecule has 0 atom stereocenters. The Balaban J connectivity index is 2.08.